The largest absolute Gasteiger partial charge is 0.493 e. The number of aromatic nitrogens is 3. The van der Waals surface area contributed by atoms with Crippen LogP contribution >= 0.6 is 11.8 Å². The summed E-state index contributed by atoms with van der Waals surface area (Å²) in [7, 11) is -2.33. The molecule has 1 atom stereocenters. The van der Waals surface area contributed by atoms with Gasteiger partial charge in [-0.3, -0.25) is 14.7 Å². The van der Waals surface area contributed by atoms with Crippen molar-refractivity contribution in [2.45, 2.75) is 41.8 Å². The van der Waals surface area contributed by atoms with E-state index in [4.69, 9.17) is 9.47 Å². The first-order valence-corrected chi connectivity index (χ1v) is 16.9. The van der Waals surface area contributed by atoms with Crippen LogP contribution < -0.4 is 14.4 Å². The fourth-order valence-electron chi connectivity index (χ4n) is 5.76. The lowest BCUT2D eigenvalue weighted by Gasteiger charge is -2.30. The lowest BCUT2D eigenvalue weighted by Crippen LogP contribution is -2.35. The molecule has 0 spiro atoms. The van der Waals surface area contributed by atoms with Gasteiger partial charge in [-0.2, -0.15) is 3.97 Å². The van der Waals surface area contributed by atoms with Crippen LogP contribution in [0.1, 0.15) is 36.0 Å². The SMILES string of the molecule is COc1cc2c(cc1OCCCCSc1nnc3n1S(=O)(=O)c1ccccc1N3c1ccccc1)N=C[C@@H]1CCCN1C2=O. The van der Waals surface area contributed by atoms with Crippen LogP contribution in [0.2, 0.25) is 0 Å². The van der Waals surface area contributed by atoms with Crippen LogP contribution in [0.5, 0.6) is 11.5 Å². The smallest absolute Gasteiger partial charge is 0.274 e. The maximum absolute atomic E-state index is 13.7. The lowest BCUT2D eigenvalue weighted by atomic mass is 10.1. The number of nitrogens with zero attached hydrogens (tertiary/aromatic N) is 6. The standard InChI is InChI=1S/C31H30N6O5S2/c1-41-26-18-23-24(32-20-22-12-9-15-35(22)29(23)38)19-27(26)42-16-7-8-17-43-31-34-33-30-36(21-10-3-2-4-11-21)25-13-5-6-14-28(25)44(39,40)37(30)31/h2-6,10-11,13-14,18-20,22H,7-9,12,15-17H2,1H3/t22-/m0/s1. The van der Waals surface area contributed by atoms with E-state index in [1.165, 1.54) is 15.7 Å². The highest BCUT2D eigenvalue weighted by atomic mass is 32.2. The normalized spacial score (nSPS) is 17.8. The summed E-state index contributed by atoms with van der Waals surface area (Å²) < 4.78 is 40.2. The molecule has 13 heteroatoms. The Morgan fingerprint density at radius 1 is 1.00 bits per heavy atom. The number of benzene rings is 3. The highest BCUT2D eigenvalue weighted by molar-refractivity contribution is 8.00. The average molecular weight is 631 g/mol. The molecule has 0 unspecified atom stereocenters. The molecular weight excluding hydrogens is 601 g/mol. The van der Waals surface area contributed by atoms with E-state index in [0.29, 0.717) is 52.4 Å². The molecule has 4 heterocycles. The maximum atomic E-state index is 13.7. The van der Waals surface area contributed by atoms with Crippen LogP contribution in [0.4, 0.5) is 23.0 Å². The van der Waals surface area contributed by atoms with Gasteiger partial charge in [0.15, 0.2) is 11.5 Å². The summed E-state index contributed by atoms with van der Waals surface area (Å²) in [6, 6.07) is 19.9. The van der Waals surface area contributed by atoms with Crippen molar-refractivity contribution in [3.05, 3.63) is 72.3 Å². The van der Waals surface area contributed by atoms with Crippen molar-refractivity contribution in [1.29, 1.82) is 0 Å². The Morgan fingerprint density at radius 2 is 1.82 bits per heavy atom. The predicted octanol–water partition coefficient (Wildman–Crippen LogP) is 5.58. The van der Waals surface area contributed by atoms with Gasteiger partial charge in [-0.1, -0.05) is 42.1 Å². The molecule has 4 aromatic rings. The van der Waals surface area contributed by atoms with Gasteiger partial charge < -0.3 is 14.4 Å². The zero-order chi connectivity index (χ0) is 30.3. The summed E-state index contributed by atoms with van der Waals surface area (Å²) in [6.45, 7) is 1.14. The third kappa shape index (κ3) is 4.89. The Morgan fingerprint density at radius 3 is 2.66 bits per heavy atom. The van der Waals surface area contributed by atoms with E-state index >= 15 is 0 Å². The molecule has 0 aliphatic carbocycles. The second kappa shape index (κ2) is 11.6. The Balaban J connectivity index is 1.02. The van der Waals surface area contributed by atoms with E-state index in [0.717, 1.165) is 31.5 Å². The number of carbonyl (C=O) groups is 1. The van der Waals surface area contributed by atoms with Gasteiger partial charge in [0.1, 0.15) is 4.90 Å². The number of aliphatic imine (C=N–C) groups is 1. The van der Waals surface area contributed by atoms with Crippen LogP contribution in [0, 0.1) is 0 Å². The van der Waals surface area contributed by atoms with E-state index in [2.05, 4.69) is 15.2 Å². The summed E-state index contributed by atoms with van der Waals surface area (Å²) in [5.74, 6) is 1.83. The first kappa shape index (κ1) is 28.4. The Hall–Kier alpha value is -4.36. The van der Waals surface area contributed by atoms with Crippen molar-refractivity contribution in [1.82, 2.24) is 19.1 Å². The van der Waals surface area contributed by atoms with Crippen molar-refractivity contribution < 1.29 is 22.7 Å². The highest BCUT2D eigenvalue weighted by Gasteiger charge is 2.38. The summed E-state index contributed by atoms with van der Waals surface area (Å²) in [5, 5.41) is 8.90. The number of rotatable bonds is 9. The topological polar surface area (TPSA) is 119 Å². The molecule has 0 N–H and O–H groups in total. The minimum atomic E-state index is -3.89. The number of methoxy groups -OCH3 is 1. The van der Waals surface area contributed by atoms with E-state index < -0.39 is 10.0 Å². The number of carbonyl (C=O) groups excluding carboxylic acids is 1. The summed E-state index contributed by atoms with van der Waals surface area (Å²) in [4.78, 5) is 21.6. The van der Waals surface area contributed by atoms with E-state index in [9.17, 15) is 13.2 Å². The van der Waals surface area contributed by atoms with Crippen molar-refractivity contribution in [3.63, 3.8) is 0 Å². The molecule has 3 aromatic carbocycles. The number of fused-ring (bicyclic) bond motifs is 4. The van der Waals surface area contributed by atoms with Crippen LogP contribution in [-0.4, -0.2) is 71.7 Å². The van der Waals surface area contributed by atoms with Gasteiger partial charge in [-0.05, 0) is 56.0 Å². The first-order chi connectivity index (χ1) is 21.5. The second-order valence-corrected chi connectivity index (χ2v) is 13.4. The molecule has 44 heavy (non-hydrogen) atoms. The summed E-state index contributed by atoms with van der Waals surface area (Å²) in [6.07, 6.45) is 5.20. The number of ether oxygens (including phenoxy) is 2. The predicted molar refractivity (Wildman–Crippen MR) is 168 cm³/mol. The van der Waals surface area contributed by atoms with E-state index in [1.54, 1.807) is 37.4 Å². The zero-order valence-corrected chi connectivity index (χ0v) is 25.6. The number of hydrogen-bond acceptors (Lipinski definition) is 10. The average Bonchev–Trinajstić information content (AvgIpc) is 3.67. The van der Waals surface area contributed by atoms with Crippen molar-refractivity contribution in [3.8, 4) is 11.5 Å². The van der Waals surface area contributed by atoms with Gasteiger partial charge in [0.05, 0.1) is 36.7 Å². The number of amides is 1. The Bertz CT molecular complexity index is 1860. The van der Waals surface area contributed by atoms with Gasteiger partial charge >= 0.3 is 0 Å². The fourth-order valence-corrected chi connectivity index (χ4v) is 8.48. The number of hydrogen-bond donors (Lipinski definition) is 0. The fraction of sp³-hybridized carbons (Fsp3) is 0.290. The quantitative estimate of drug-likeness (QED) is 0.152. The molecule has 0 saturated carbocycles. The van der Waals surface area contributed by atoms with Crippen LogP contribution in [0.15, 0.2) is 81.8 Å². The van der Waals surface area contributed by atoms with E-state index in [1.807, 2.05) is 52.4 Å². The molecule has 3 aliphatic rings. The molecule has 1 fully saturated rings. The molecule has 1 aromatic heterocycles. The van der Waals surface area contributed by atoms with Gasteiger partial charge in [-0.15, -0.1) is 10.2 Å². The zero-order valence-electron chi connectivity index (χ0n) is 24.0. The molecule has 7 rings (SSSR count). The molecule has 1 saturated heterocycles. The van der Waals surface area contributed by atoms with Crippen molar-refractivity contribution in [2.24, 2.45) is 4.99 Å². The Labute approximate surface area is 259 Å². The number of para-hydroxylation sites is 2. The minimum Gasteiger partial charge on any atom is -0.493 e. The second-order valence-electron chi connectivity index (χ2n) is 10.6. The van der Waals surface area contributed by atoms with Crippen molar-refractivity contribution >= 4 is 56.9 Å². The molecule has 226 valence electrons. The summed E-state index contributed by atoms with van der Waals surface area (Å²) in [5.41, 5.74) is 2.43. The number of thioether (sulfide) groups is 1. The third-order valence-corrected chi connectivity index (χ3v) is 10.8. The molecule has 0 bridgehead atoms. The maximum Gasteiger partial charge on any atom is 0.274 e. The minimum absolute atomic E-state index is 0.0322. The number of unbranched alkanes of at least 4 members (excludes halogenated alkanes) is 1. The number of anilines is 3. The van der Waals surface area contributed by atoms with Crippen molar-refractivity contribution in [2.75, 3.05) is 30.9 Å². The Kier molecular flexibility index (Phi) is 7.50. The van der Waals surface area contributed by atoms with E-state index in [-0.39, 0.29) is 22.8 Å². The lowest BCUT2D eigenvalue weighted by molar-refractivity contribution is 0.0774. The molecule has 0 radical (unpaired) electrons. The van der Waals surface area contributed by atoms with Gasteiger partial charge in [0.25, 0.3) is 21.9 Å². The summed E-state index contributed by atoms with van der Waals surface area (Å²) >= 11 is 1.34. The van der Waals surface area contributed by atoms with Gasteiger partial charge in [0.2, 0.25) is 5.16 Å². The van der Waals surface area contributed by atoms with Crippen LogP contribution in [0.3, 0.4) is 0 Å². The first-order valence-electron chi connectivity index (χ1n) is 14.5. The monoisotopic (exact) mass is 630 g/mol. The molecule has 11 nitrogen and oxygen atoms in total. The molecule has 3 aliphatic heterocycles. The molecular formula is C31H30N6O5S2. The third-order valence-electron chi connectivity index (χ3n) is 7.90. The molecule has 1 amide bonds. The van der Waals surface area contributed by atoms with Gasteiger partial charge in [0, 0.05) is 30.3 Å². The van der Waals surface area contributed by atoms with Gasteiger partial charge in [-0.25, -0.2) is 8.42 Å². The van der Waals surface area contributed by atoms with Crippen LogP contribution in [-0.2, 0) is 10.0 Å². The van der Waals surface area contributed by atoms with Crippen LogP contribution in [0.25, 0.3) is 0 Å². The highest BCUT2D eigenvalue weighted by Crippen LogP contribution is 2.44.